The van der Waals surface area contributed by atoms with Crippen molar-refractivity contribution in [3.05, 3.63) is 0 Å². The van der Waals surface area contributed by atoms with E-state index in [9.17, 15) is 4.79 Å². The first kappa shape index (κ1) is 12.8. The highest BCUT2D eigenvalue weighted by atomic mass is 32.1. The predicted molar refractivity (Wildman–Crippen MR) is 72.8 cm³/mol. The minimum absolute atomic E-state index is 0.0515. The Morgan fingerprint density at radius 1 is 1.35 bits per heavy atom. The first-order valence-electron chi connectivity index (χ1n) is 6.87. The molecule has 1 atom stereocenters. The van der Waals surface area contributed by atoms with Crippen LogP contribution >= 0.6 is 12.2 Å². The Morgan fingerprint density at radius 2 is 2.06 bits per heavy atom. The number of nitrogens with zero attached hydrogens (tertiary/aromatic N) is 1. The summed E-state index contributed by atoms with van der Waals surface area (Å²) in [7, 11) is 0. The first-order valence-corrected chi connectivity index (χ1v) is 7.28. The average molecular weight is 254 g/mol. The van der Waals surface area contributed by atoms with Crippen molar-refractivity contribution in [3.63, 3.8) is 0 Å². The van der Waals surface area contributed by atoms with Gasteiger partial charge in [0.05, 0.1) is 0 Å². The van der Waals surface area contributed by atoms with Gasteiger partial charge in [-0.3, -0.25) is 9.69 Å². The molecule has 2 fully saturated rings. The van der Waals surface area contributed by atoms with Gasteiger partial charge in [0, 0.05) is 6.04 Å². The predicted octanol–water partition coefficient (Wildman–Crippen LogP) is 2.59. The largest absolute Gasteiger partial charge is 0.350 e. The number of hydrogen-bond donors (Lipinski definition) is 1. The van der Waals surface area contributed by atoms with Crippen molar-refractivity contribution in [1.29, 1.82) is 0 Å². The molecule has 3 nitrogen and oxygen atoms in total. The summed E-state index contributed by atoms with van der Waals surface area (Å²) in [6.07, 6.45) is 9.14. The molecule has 96 valence electrons. The lowest BCUT2D eigenvalue weighted by atomic mass is 9.94. The van der Waals surface area contributed by atoms with Gasteiger partial charge in [-0.15, -0.1) is 0 Å². The quantitative estimate of drug-likeness (QED) is 0.783. The summed E-state index contributed by atoms with van der Waals surface area (Å²) >= 11 is 5.32. The van der Waals surface area contributed by atoms with Gasteiger partial charge < -0.3 is 5.32 Å². The standard InChI is InChI=1S/C13H22N2OS/c1-2-3-9-11-12(16)15(13(17)14-11)10-7-5-4-6-8-10/h10-11H,2-9H2,1H3,(H,14,17)/t11-/m1/s1. The van der Waals surface area contributed by atoms with Crippen LogP contribution in [0.5, 0.6) is 0 Å². The Balaban J connectivity index is 1.97. The molecule has 0 aromatic rings. The molecule has 0 spiro atoms. The van der Waals surface area contributed by atoms with E-state index < -0.39 is 0 Å². The number of carbonyl (C=O) groups is 1. The van der Waals surface area contributed by atoms with E-state index in [0.29, 0.717) is 11.2 Å². The molecule has 17 heavy (non-hydrogen) atoms. The number of thiocarbonyl (C=S) groups is 1. The van der Waals surface area contributed by atoms with E-state index in [1.54, 1.807) is 0 Å². The second-order valence-electron chi connectivity index (χ2n) is 5.14. The molecule has 0 aromatic carbocycles. The molecule has 1 saturated heterocycles. The third-order valence-corrected chi connectivity index (χ3v) is 4.15. The molecule has 1 heterocycles. The minimum atomic E-state index is -0.0515. The number of carbonyl (C=O) groups excluding carboxylic acids is 1. The van der Waals surface area contributed by atoms with Crippen molar-refractivity contribution in [2.24, 2.45) is 0 Å². The summed E-state index contributed by atoms with van der Waals surface area (Å²) in [6.45, 7) is 2.15. The number of hydrogen-bond acceptors (Lipinski definition) is 2. The molecule has 0 unspecified atom stereocenters. The Bertz CT molecular complexity index is 300. The molecule has 2 aliphatic rings. The zero-order chi connectivity index (χ0) is 12.3. The van der Waals surface area contributed by atoms with Gasteiger partial charge in [-0.2, -0.15) is 0 Å². The zero-order valence-electron chi connectivity index (χ0n) is 10.6. The van der Waals surface area contributed by atoms with Gasteiger partial charge in [-0.05, 0) is 31.5 Å². The smallest absolute Gasteiger partial charge is 0.251 e. The average Bonchev–Trinajstić information content (AvgIpc) is 2.63. The fraction of sp³-hybridized carbons (Fsp3) is 0.846. The molecule has 2 rings (SSSR count). The Labute approximate surface area is 109 Å². The summed E-state index contributed by atoms with van der Waals surface area (Å²) in [4.78, 5) is 14.2. The number of nitrogens with one attached hydrogen (secondary N) is 1. The van der Waals surface area contributed by atoms with Crippen LogP contribution in [0.25, 0.3) is 0 Å². The van der Waals surface area contributed by atoms with E-state index in [0.717, 1.165) is 32.1 Å². The fourth-order valence-electron chi connectivity index (χ4n) is 2.84. The van der Waals surface area contributed by atoms with E-state index in [1.165, 1.54) is 19.3 Å². The third kappa shape index (κ3) is 2.79. The van der Waals surface area contributed by atoms with Crippen molar-refractivity contribution in [2.75, 3.05) is 0 Å². The number of unbranched alkanes of at least 4 members (excludes halogenated alkanes) is 1. The number of amides is 1. The highest BCUT2D eigenvalue weighted by Crippen LogP contribution is 2.26. The van der Waals surface area contributed by atoms with Crippen LogP contribution in [0.15, 0.2) is 0 Å². The van der Waals surface area contributed by atoms with Gasteiger partial charge >= 0.3 is 0 Å². The van der Waals surface area contributed by atoms with Crippen LogP contribution in [0.2, 0.25) is 0 Å². The van der Waals surface area contributed by atoms with Crippen LogP contribution in [0, 0.1) is 0 Å². The fourth-order valence-corrected chi connectivity index (χ4v) is 3.22. The summed E-state index contributed by atoms with van der Waals surface area (Å²) in [5.41, 5.74) is 0. The molecule has 1 aliphatic carbocycles. The van der Waals surface area contributed by atoms with Gasteiger partial charge in [0.25, 0.3) is 5.91 Å². The number of rotatable bonds is 4. The van der Waals surface area contributed by atoms with Crippen LogP contribution in [0.1, 0.15) is 58.3 Å². The van der Waals surface area contributed by atoms with Crippen molar-refractivity contribution in [3.8, 4) is 0 Å². The molecule has 0 radical (unpaired) electrons. The van der Waals surface area contributed by atoms with E-state index in [2.05, 4.69) is 12.2 Å². The zero-order valence-corrected chi connectivity index (χ0v) is 11.4. The van der Waals surface area contributed by atoms with Gasteiger partial charge in [0.15, 0.2) is 5.11 Å². The maximum Gasteiger partial charge on any atom is 0.251 e. The van der Waals surface area contributed by atoms with Crippen molar-refractivity contribution in [2.45, 2.75) is 70.4 Å². The topological polar surface area (TPSA) is 32.3 Å². The van der Waals surface area contributed by atoms with Crippen LogP contribution in [-0.4, -0.2) is 28.0 Å². The highest BCUT2D eigenvalue weighted by molar-refractivity contribution is 7.80. The first-order chi connectivity index (χ1) is 8.24. The van der Waals surface area contributed by atoms with Crippen LogP contribution < -0.4 is 5.32 Å². The molecule has 1 N–H and O–H groups in total. The SMILES string of the molecule is CCCC[C@H]1NC(=S)N(C2CCCCC2)C1=O. The minimum Gasteiger partial charge on any atom is -0.350 e. The van der Waals surface area contributed by atoms with Gasteiger partial charge in [-0.25, -0.2) is 0 Å². The second kappa shape index (κ2) is 5.80. The molecule has 1 saturated carbocycles. The van der Waals surface area contributed by atoms with E-state index >= 15 is 0 Å². The maximum atomic E-state index is 12.3. The van der Waals surface area contributed by atoms with Crippen LogP contribution in [-0.2, 0) is 4.79 Å². The van der Waals surface area contributed by atoms with Crippen molar-refractivity contribution < 1.29 is 4.79 Å². The maximum absolute atomic E-state index is 12.3. The molecular formula is C13H22N2OS. The molecule has 0 bridgehead atoms. The molecule has 1 amide bonds. The monoisotopic (exact) mass is 254 g/mol. The Kier molecular flexibility index (Phi) is 4.37. The second-order valence-corrected chi connectivity index (χ2v) is 5.53. The van der Waals surface area contributed by atoms with E-state index in [1.807, 2.05) is 4.90 Å². The van der Waals surface area contributed by atoms with Crippen molar-refractivity contribution >= 4 is 23.2 Å². The van der Waals surface area contributed by atoms with E-state index in [-0.39, 0.29) is 11.9 Å². The van der Waals surface area contributed by atoms with Gasteiger partial charge in [-0.1, -0.05) is 39.0 Å². The van der Waals surface area contributed by atoms with Gasteiger partial charge in [0.2, 0.25) is 0 Å². The lowest BCUT2D eigenvalue weighted by Gasteiger charge is -2.30. The van der Waals surface area contributed by atoms with Crippen LogP contribution in [0.3, 0.4) is 0 Å². The summed E-state index contributed by atoms with van der Waals surface area (Å²) in [5, 5.41) is 3.86. The Morgan fingerprint density at radius 3 is 2.71 bits per heavy atom. The Hall–Kier alpha value is -0.640. The summed E-state index contributed by atoms with van der Waals surface area (Å²) in [6, 6.07) is 0.312. The molecule has 0 aromatic heterocycles. The molecule has 1 aliphatic heterocycles. The van der Waals surface area contributed by atoms with Crippen LogP contribution in [0.4, 0.5) is 0 Å². The molecule has 4 heteroatoms. The lowest BCUT2D eigenvalue weighted by Crippen LogP contribution is -2.41. The highest BCUT2D eigenvalue weighted by Gasteiger charge is 2.39. The van der Waals surface area contributed by atoms with E-state index in [4.69, 9.17) is 12.2 Å². The molecular weight excluding hydrogens is 232 g/mol. The summed E-state index contributed by atoms with van der Waals surface area (Å²) in [5.74, 6) is 0.218. The summed E-state index contributed by atoms with van der Waals surface area (Å²) < 4.78 is 0. The lowest BCUT2D eigenvalue weighted by molar-refractivity contribution is -0.129. The third-order valence-electron chi connectivity index (χ3n) is 3.84. The van der Waals surface area contributed by atoms with Gasteiger partial charge in [0.1, 0.15) is 6.04 Å². The van der Waals surface area contributed by atoms with Crippen molar-refractivity contribution in [1.82, 2.24) is 10.2 Å². The normalized spacial score (nSPS) is 26.4.